The minimum Gasteiger partial charge on any atom is -0.404 e. The van der Waals surface area contributed by atoms with E-state index in [-0.39, 0.29) is 53.7 Å². The fourth-order valence-electron chi connectivity index (χ4n) is 7.34. The van der Waals surface area contributed by atoms with Crippen molar-refractivity contribution in [2.24, 2.45) is 33.9 Å². The second-order valence-electron chi connectivity index (χ2n) is 13.4. The highest BCUT2D eigenvalue weighted by Gasteiger charge is 2.68. The average Bonchev–Trinajstić information content (AvgIpc) is 3.26. The summed E-state index contributed by atoms with van der Waals surface area (Å²) in [6.45, 7) is 11.9. The highest BCUT2D eigenvalue weighted by Crippen LogP contribution is 2.65. The van der Waals surface area contributed by atoms with Gasteiger partial charge in [-0.15, -0.1) is 0 Å². The maximum atomic E-state index is 13.7. The number of hydrogen-bond acceptors (Lipinski definition) is 8. The lowest BCUT2D eigenvalue weighted by Gasteiger charge is -2.64. The topological polar surface area (TPSA) is 182 Å². The van der Waals surface area contributed by atoms with Gasteiger partial charge < -0.3 is 31.0 Å². The van der Waals surface area contributed by atoms with Crippen LogP contribution >= 0.6 is 0 Å². The standard InChI is InChI=1S/C27H48BN7O6/c1-16(2)13-22(28-40-21-15-17-14-20(26(17,3)4)27(21,5)41-28)33-24(37)19(10-8-12-31-25(29)34-35(38)39)32-23(36)18-9-6-7-11-30-18/h16-22,30H,6-15H2,1-5H3,(H,32,36)(H,33,37)(H3,29,31,34)/t17-,18?,19+,20-,21-,22+,27+/m1/s1. The number of nitrogens with two attached hydrogens (primary N) is 1. The lowest BCUT2D eigenvalue weighted by Crippen LogP contribution is -2.65. The van der Waals surface area contributed by atoms with Gasteiger partial charge in [-0.1, -0.05) is 39.5 Å². The smallest absolute Gasteiger partial charge is 0.404 e. The third kappa shape index (κ3) is 7.14. The molecule has 7 atom stereocenters. The Bertz CT molecular complexity index is 1010. The quantitative estimate of drug-likeness (QED) is 0.0570. The Morgan fingerprint density at radius 3 is 2.61 bits per heavy atom. The lowest BCUT2D eigenvalue weighted by atomic mass is 9.43. The van der Waals surface area contributed by atoms with E-state index in [0.29, 0.717) is 37.5 Å². The van der Waals surface area contributed by atoms with Crippen LogP contribution in [0.25, 0.3) is 0 Å². The number of amides is 2. The number of hydrazine groups is 1. The van der Waals surface area contributed by atoms with Crippen molar-refractivity contribution < 1.29 is 23.9 Å². The van der Waals surface area contributed by atoms with E-state index < -0.39 is 23.8 Å². The second-order valence-corrected chi connectivity index (χ2v) is 13.4. The summed E-state index contributed by atoms with van der Waals surface area (Å²) in [5.74, 6) is 0.0989. The summed E-state index contributed by atoms with van der Waals surface area (Å²) >= 11 is 0. The molecule has 5 aliphatic rings. The molecular weight excluding hydrogens is 529 g/mol. The monoisotopic (exact) mass is 577 g/mol. The average molecular weight is 578 g/mol. The van der Waals surface area contributed by atoms with E-state index in [1.165, 1.54) is 0 Å². The molecule has 13 nitrogen and oxygen atoms in total. The summed E-state index contributed by atoms with van der Waals surface area (Å²) in [6, 6.07) is -1.16. The molecule has 3 aliphatic carbocycles. The van der Waals surface area contributed by atoms with E-state index in [1.54, 1.807) is 5.43 Å². The normalized spacial score (nSPS) is 32.0. The predicted molar refractivity (Wildman–Crippen MR) is 155 cm³/mol. The summed E-state index contributed by atoms with van der Waals surface area (Å²) < 4.78 is 13.2. The molecule has 6 N–H and O–H groups in total. The first-order chi connectivity index (χ1) is 19.3. The summed E-state index contributed by atoms with van der Waals surface area (Å²) in [6.07, 6.45) is 6.12. The molecule has 0 aromatic heterocycles. The second kappa shape index (κ2) is 12.8. The van der Waals surface area contributed by atoms with Gasteiger partial charge in [0.1, 0.15) is 6.04 Å². The highest BCUT2D eigenvalue weighted by molar-refractivity contribution is 6.48. The van der Waals surface area contributed by atoms with Crippen LogP contribution in [0.3, 0.4) is 0 Å². The lowest BCUT2D eigenvalue weighted by molar-refractivity contribution is -0.525. The van der Waals surface area contributed by atoms with Gasteiger partial charge in [-0.2, -0.15) is 0 Å². The fraction of sp³-hybridized carbons (Fsp3) is 0.889. The third-order valence-corrected chi connectivity index (χ3v) is 9.75. The Kier molecular flexibility index (Phi) is 9.85. The first kappa shape index (κ1) is 31.5. The third-order valence-electron chi connectivity index (χ3n) is 9.75. The number of nitro groups is 1. The summed E-state index contributed by atoms with van der Waals surface area (Å²) in [4.78, 5) is 41.3. The zero-order chi connectivity index (χ0) is 29.9. The summed E-state index contributed by atoms with van der Waals surface area (Å²) in [7, 11) is -0.569. The minimum atomic E-state index is -0.813. The van der Waals surface area contributed by atoms with E-state index in [0.717, 1.165) is 32.2 Å². The Morgan fingerprint density at radius 2 is 1.98 bits per heavy atom. The van der Waals surface area contributed by atoms with Crippen LogP contribution < -0.4 is 27.1 Å². The van der Waals surface area contributed by atoms with Gasteiger partial charge in [0.2, 0.25) is 11.8 Å². The Hall–Kier alpha value is -2.45. The van der Waals surface area contributed by atoms with Crippen molar-refractivity contribution in [3.63, 3.8) is 0 Å². The van der Waals surface area contributed by atoms with Crippen LogP contribution in [-0.4, -0.2) is 72.7 Å². The number of carbonyl (C=O) groups is 2. The van der Waals surface area contributed by atoms with Gasteiger partial charge in [-0.3, -0.25) is 9.59 Å². The highest BCUT2D eigenvalue weighted by atomic mass is 16.7. The van der Waals surface area contributed by atoms with Crippen molar-refractivity contribution in [2.45, 2.75) is 116 Å². The van der Waals surface area contributed by atoms with Crippen LogP contribution in [-0.2, 0) is 18.9 Å². The first-order valence-electron chi connectivity index (χ1n) is 15.2. The Morgan fingerprint density at radius 1 is 1.22 bits per heavy atom. The van der Waals surface area contributed by atoms with E-state index in [9.17, 15) is 19.7 Å². The van der Waals surface area contributed by atoms with E-state index >= 15 is 0 Å². The molecule has 2 bridgehead atoms. The molecule has 2 aliphatic heterocycles. The van der Waals surface area contributed by atoms with Gasteiger partial charge in [-0.05, 0) is 81.6 Å². The number of hydrogen-bond donors (Lipinski definition) is 5. The van der Waals surface area contributed by atoms with Crippen molar-refractivity contribution in [1.29, 1.82) is 0 Å². The zero-order valence-corrected chi connectivity index (χ0v) is 25.1. The summed E-state index contributed by atoms with van der Waals surface area (Å²) in [5, 5.41) is 19.1. The summed E-state index contributed by atoms with van der Waals surface area (Å²) in [5.41, 5.74) is 7.14. The van der Waals surface area contributed by atoms with Crippen LogP contribution in [0.15, 0.2) is 4.99 Å². The van der Waals surface area contributed by atoms with Gasteiger partial charge in [-0.25, -0.2) is 15.1 Å². The number of aliphatic imine (C=N–C) groups is 1. The molecule has 14 heteroatoms. The molecule has 2 saturated heterocycles. The fourth-order valence-corrected chi connectivity index (χ4v) is 7.34. The van der Waals surface area contributed by atoms with Gasteiger partial charge in [0.15, 0.2) is 5.03 Å². The van der Waals surface area contributed by atoms with Crippen molar-refractivity contribution in [3.8, 4) is 0 Å². The molecule has 3 saturated carbocycles. The van der Waals surface area contributed by atoms with Crippen LogP contribution in [0, 0.1) is 33.3 Å². The van der Waals surface area contributed by atoms with E-state index in [2.05, 4.69) is 55.6 Å². The largest absolute Gasteiger partial charge is 0.481 e. The molecular formula is C27H48BN7O6. The van der Waals surface area contributed by atoms with Gasteiger partial charge in [0.25, 0.3) is 5.96 Å². The van der Waals surface area contributed by atoms with Crippen molar-refractivity contribution in [2.75, 3.05) is 13.1 Å². The van der Waals surface area contributed by atoms with Crippen molar-refractivity contribution in [1.82, 2.24) is 21.4 Å². The maximum absolute atomic E-state index is 13.7. The molecule has 0 aromatic rings. The molecule has 0 spiro atoms. The number of nitrogens with one attached hydrogen (secondary N) is 4. The molecule has 230 valence electrons. The van der Waals surface area contributed by atoms with Crippen LogP contribution in [0.4, 0.5) is 0 Å². The van der Waals surface area contributed by atoms with Crippen LogP contribution in [0.1, 0.15) is 86.0 Å². The van der Waals surface area contributed by atoms with Gasteiger partial charge >= 0.3 is 7.12 Å². The molecule has 0 aromatic carbocycles. The Labute approximate surface area is 243 Å². The number of piperidine rings is 1. The predicted octanol–water partition coefficient (Wildman–Crippen LogP) is 1.29. The minimum absolute atomic E-state index is 0.000176. The van der Waals surface area contributed by atoms with E-state index in [4.69, 9.17) is 15.0 Å². The zero-order valence-electron chi connectivity index (χ0n) is 25.1. The maximum Gasteiger partial charge on any atom is 0.481 e. The Balaban J connectivity index is 1.43. The van der Waals surface area contributed by atoms with Gasteiger partial charge in [0.05, 0.1) is 23.7 Å². The number of carbonyl (C=O) groups excluding carboxylic acids is 2. The number of nitrogens with zero attached hydrogens (tertiary/aromatic N) is 2. The number of rotatable bonds is 12. The van der Waals surface area contributed by atoms with Crippen molar-refractivity contribution in [3.05, 3.63) is 10.1 Å². The SMILES string of the molecule is CC(C)C[C@H](NC(=O)[C@H](CCCN=C(N)N[N+](=O)[O-])NC(=O)C1CCCCN1)B1O[C@@H]2C[C@H]3C[C@H](C3(C)C)[C@]2(C)O1. The molecule has 2 heterocycles. The molecule has 0 radical (unpaired) electrons. The molecule has 5 rings (SSSR count). The molecule has 41 heavy (non-hydrogen) atoms. The molecule has 2 amide bonds. The molecule has 1 unspecified atom stereocenters. The first-order valence-corrected chi connectivity index (χ1v) is 15.2. The van der Waals surface area contributed by atoms with E-state index in [1.807, 2.05) is 0 Å². The van der Waals surface area contributed by atoms with Crippen molar-refractivity contribution >= 4 is 24.9 Å². The molecule has 5 fully saturated rings. The van der Waals surface area contributed by atoms with Gasteiger partial charge in [0, 0.05) is 6.54 Å². The van der Waals surface area contributed by atoms with Crippen LogP contribution in [0.5, 0.6) is 0 Å². The van der Waals surface area contributed by atoms with Crippen LogP contribution in [0.2, 0.25) is 0 Å². The number of guanidine groups is 1.